The van der Waals surface area contributed by atoms with E-state index in [9.17, 15) is 19.2 Å². The zero-order valence-electron chi connectivity index (χ0n) is 19.0. The van der Waals surface area contributed by atoms with Crippen molar-refractivity contribution in [1.82, 2.24) is 10.6 Å². The number of carbonyl (C=O) groups is 4. The van der Waals surface area contributed by atoms with Crippen molar-refractivity contribution < 1.29 is 56.6 Å². The third kappa shape index (κ3) is 11.9. The Kier molecular flexibility index (Phi) is 15.4. The minimum atomic E-state index is -0.886. The molecule has 12 heteroatoms. The van der Waals surface area contributed by atoms with E-state index in [0.717, 1.165) is 5.56 Å². The number of primary amides is 1. The van der Waals surface area contributed by atoms with Crippen LogP contribution in [0.4, 0.5) is 4.79 Å². The number of Topliss-reactive ketones (excluding diaryl/α,β-unsaturated/α-hetero) is 1. The van der Waals surface area contributed by atoms with Gasteiger partial charge in [0.25, 0.3) is 0 Å². The van der Waals surface area contributed by atoms with Crippen molar-refractivity contribution in [3.05, 3.63) is 29.8 Å². The maximum atomic E-state index is 11.9. The normalized spacial score (nSPS) is 13.3. The Morgan fingerprint density at radius 1 is 1.06 bits per heavy atom. The fourth-order valence-electron chi connectivity index (χ4n) is 2.75. The summed E-state index contributed by atoms with van der Waals surface area (Å²) in [5.74, 6) is -0.914. The van der Waals surface area contributed by atoms with Gasteiger partial charge in [0.15, 0.2) is 5.78 Å². The van der Waals surface area contributed by atoms with Gasteiger partial charge in [0, 0.05) is 50.9 Å². The van der Waals surface area contributed by atoms with Gasteiger partial charge < -0.3 is 32.6 Å². The molecule has 0 bridgehead atoms. The molecule has 0 saturated heterocycles. The molecule has 0 aromatic heterocycles. The number of nitrogens with one attached hydrogen (secondary N) is 2. The Bertz CT molecular complexity index is 794. The Morgan fingerprint density at radius 2 is 1.67 bits per heavy atom. The molecular formula is C21H33N5O5SY. The van der Waals surface area contributed by atoms with Gasteiger partial charge in [-0.3, -0.25) is 14.4 Å². The van der Waals surface area contributed by atoms with Gasteiger partial charge in [-0.05, 0) is 37.0 Å². The molecule has 3 amide bonds. The van der Waals surface area contributed by atoms with Crippen molar-refractivity contribution in [2.75, 3.05) is 12.3 Å². The van der Waals surface area contributed by atoms with E-state index < -0.39 is 36.0 Å². The Labute approximate surface area is 224 Å². The average molecular weight is 556 g/mol. The second-order valence-electron chi connectivity index (χ2n) is 7.72. The zero-order chi connectivity index (χ0) is 24.3. The number of thiol groups is 1. The van der Waals surface area contributed by atoms with Crippen molar-refractivity contribution in [2.24, 2.45) is 23.1 Å². The van der Waals surface area contributed by atoms with Gasteiger partial charge >= 0.3 is 6.09 Å². The number of carbonyl (C=O) groups excluding carboxylic acids is 4. The van der Waals surface area contributed by atoms with Crippen molar-refractivity contribution in [1.29, 1.82) is 0 Å². The molecule has 0 aliphatic heterocycles. The first-order chi connectivity index (χ1) is 15.0. The molecule has 0 aliphatic rings. The third-order valence-electron chi connectivity index (χ3n) is 4.66. The molecule has 0 unspecified atom stereocenters. The van der Waals surface area contributed by atoms with Gasteiger partial charge in [0.05, 0.1) is 12.1 Å². The summed E-state index contributed by atoms with van der Waals surface area (Å²) in [6.07, 6.45) is 0.470. The van der Waals surface area contributed by atoms with Crippen molar-refractivity contribution in [3.8, 4) is 5.75 Å². The summed E-state index contributed by atoms with van der Waals surface area (Å²) in [7, 11) is 0. The predicted molar refractivity (Wildman–Crippen MR) is 124 cm³/mol. The average Bonchev–Trinajstić information content (AvgIpc) is 2.74. The molecule has 1 radical (unpaired) electrons. The van der Waals surface area contributed by atoms with Crippen LogP contribution in [0, 0.1) is 5.92 Å². The van der Waals surface area contributed by atoms with Crippen LogP contribution >= 0.6 is 12.6 Å². The largest absolute Gasteiger partial charge is 0.412 e. The Morgan fingerprint density at radius 3 is 2.18 bits per heavy atom. The molecule has 33 heavy (non-hydrogen) atoms. The zero-order valence-corrected chi connectivity index (χ0v) is 22.7. The monoisotopic (exact) mass is 556 g/mol. The minimum Gasteiger partial charge on any atom is -0.410 e. The SMILES string of the molecule is CC(C)C(=O)[C@@H](N)Cc1ccc(OC(=O)NCCC[C@H](N)C(=O)N[C@@H](CS)C(N)=O)cc1.[Y]. The summed E-state index contributed by atoms with van der Waals surface area (Å²) in [5, 5.41) is 4.99. The van der Waals surface area contributed by atoms with Crippen LogP contribution in [-0.4, -0.2) is 54.1 Å². The van der Waals surface area contributed by atoms with Gasteiger partial charge in [-0.25, -0.2) is 4.79 Å². The number of rotatable bonds is 13. The van der Waals surface area contributed by atoms with Crippen LogP contribution in [0.5, 0.6) is 5.75 Å². The van der Waals surface area contributed by atoms with E-state index in [4.69, 9.17) is 21.9 Å². The molecular weight excluding hydrogens is 523 g/mol. The van der Waals surface area contributed by atoms with Crippen molar-refractivity contribution >= 4 is 36.3 Å². The molecule has 3 atom stereocenters. The van der Waals surface area contributed by atoms with Gasteiger partial charge in [-0.15, -0.1) is 0 Å². The number of benzene rings is 1. The van der Waals surface area contributed by atoms with Gasteiger partial charge in [-0.2, -0.15) is 12.6 Å². The fourth-order valence-corrected chi connectivity index (χ4v) is 3.02. The van der Waals surface area contributed by atoms with Crippen LogP contribution < -0.4 is 32.6 Å². The summed E-state index contributed by atoms with van der Waals surface area (Å²) >= 11 is 3.95. The van der Waals surface area contributed by atoms with Crippen LogP contribution in [0.15, 0.2) is 24.3 Å². The second-order valence-corrected chi connectivity index (χ2v) is 8.09. The molecule has 0 spiro atoms. The quantitative estimate of drug-likeness (QED) is 0.145. The van der Waals surface area contributed by atoms with E-state index in [-0.39, 0.29) is 63.1 Å². The standard InChI is InChI=1S/C21H33N5O5S.Y/c1-12(2)18(27)16(23)10-13-5-7-14(8-6-13)31-21(30)25-9-3-4-15(22)20(29)26-17(11-32)19(24)28;/h5-8,12,15-17,32H,3-4,9-11,22-23H2,1-2H3,(H2,24,28)(H,25,30)(H,26,29);/t15-,16-,17-;/m0./s1. The molecule has 0 aliphatic carbocycles. The first-order valence-electron chi connectivity index (χ1n) is 10.3. The molecule has 0 fully saturated rings. The molecule has 1 rings (SSSR count). The molecule has 1 aromatic carbocycles. The number of hydrogen-bond donors (Lipinski definition) is 6. The van der Waals surface area contributed by atoms with Crippen LogP contribution in [0.3, 0.4) is 0 Å². The number of ether oxygens (including phenoxy) is 1. The van der Waals surface area contributed by atoms with E-state index >= 15 is 0 Å². The van der Waals surface area contributed by atoms with Crippen LogP contribution in [0.2, 0.25) is 0 Å². The predicted octanol–water partition coefficient (Wildman–Crippen LogP) is -0.125. The summed E-state index contributed by atoms with van der Waals surface area (Å²) in [6.45, 7) is 3.86. The van der Waals surface area contributed by atoms with Crippen LogP contribution in [-0.2, 0) is 53.5 Å². The fraction of sp³-hybridized carbons (Fsp3) is 0.524. The Balaban J connectivity index is 0.0000102. The summed E-state index contributed by atoms with van der Waals surface area (Å²) in [4.78, 5) is 46.9. The first kappa shape index (κ1) is 31.5. The molecule has 10 nitrogen and oxygen atoms in total. The molecule has 0 heterocycles. The molecule has 0 saturated carbocycles. The number of amides is 3. The van der Waals surface area contributed by atoms with E-state index in [0.29, 0.717) is 18.6 Å². The Hall–Kier alpha value is -1.53. The second kappa shape index (κ2) is 16.2. The van der Waals surface area contributed by atoms with Crippen LogP contribution in [0.1, 0.15) is 32.3 Å². The number of nitrogens with two attached hydrogens (primary N) is 3. The van der Waals surface area contributed by atoms with E-state index in [2.05, 4.69) is 23.3 Å². The maximum absolute atomic E-state index is 11.9. The number of ketones is 1. The van der Waals surface area contributed by atoms with Gasteiger partial charge in [0.2, 0.25) is 11.8 Å². The summed E-state index contributed by atoms with van der Waals surface area (Å²) < 4.78 is 5.19. The minimum absolute atomic E-state index is 0. The van der Waals surface area contributed by atoms with E-state index in [1.165, 1.54) is 0 Å². The molecule has 8 N–H and O–H groups in total. The van der Waals surface area contributed by atoms with Crippen molar-refractivity contribution in [2.45, 2.75) is 51.2 Å². The van der Waals surface area contributed by atoms with E-state index in [1.54, 1.807) is 24.3 Å². The molecule has 181 valence electrons. The van der Waals surface area contributed by atoms with Crippen LogP contribution in [0.25, 0.3) is 0 Å². The maximum Gasteiger partial charge on any atom is 0.412 e. The van der Waals surface area contributed by atoms with Gasteiger partial charge in [-0.1, -0.05) is 26.0 Å². The number of hydrogen-bond acceptors (Lipinski definition) is 8. The van der Waals surface area contributed by atoms with Gasteiger partial charge in [0.1, 0.15) is 11.8 Å². The van der Waals surface area contributed by atoms with E-state index in [1.807, 2.05) is 13.8 Å². The third-order valence-corrected chi connectivity index (χ3v) is 5.03. The summed E-state index contributed by atoms with van der Waals surface area (Å²) in [5.41, 5.74) is 17.7. The van der Waals surface area contributed by atoms with Crippen molar-refractivity contribution in [3.63, 3.8) is 0 Å². The smallest absolute Gasteiger partial charge is 0.410 e. The summed E-state index contributed by atoms with van der Waals surface area (Å²) in [6, 6.07) is 4.43. The first-order valence-corrected chi connectivity index (χ1v) is 11.0. The topological polar surface area (TPSA) is 180 Å². The molecule has 1 aromatic rings.